The van der Waals surface area contributed by atoms with Crippen LogP contribution >= 0.6 is 11.6 Å². The number of nitrogens with one attached hydrogen (secondary N) is 1. The largest absolute Gasteiger partial charge is 0.482 e. The average molecular weight is 370 g/mol. The quantitative estimate of drug-likeness (QED) is 0.808. The van der Waals surface area contributed by atoms with Gasteiger partial charge in [-0.3, -0.25) is 4.79 Å². The summed E-state index contributed by atoms with van der Waals surface area (Å²) in [6.07, 6.45) is -4.10. The smallest absolute Gasteiger partial charge is 0.465 e. The van der Waals surface area contributed by atoms with Gasteiger partial charge in [0, 0.05) is 10.7 Å². The molecule has 0 atom stereocenters. The number of hydrogen-bond donors (Lipinski definition) is 1. The van der Waals surface area contributed by atoms with Crippen molar-refractivity contribution >= 4 is 29.2 Å². The SMILES string of the molecule is COC(=O)c1ccc(NC(=O)C(F)(F)Oc2ccc(Cl)cc2C)cc1. The number of rotatable bonds is 5. The number of alkyl halides is 2. The number of halogens is 3. The van der Waals surface area contributed by atoms with Crippen LogP contribution in [0.4, 0.5) is 14.5 Å². The molecule has 0 spiro atoms. The van der Waals surface area contributed by atoms with Crippen LogP contribution in [0, 0.1) is 6.92 Å². The van der Waals surface area contributed by atoms with Crippen LogP contribution in [-0.4, -0.2) is 25.1 Å². The van der Waals surface area contributed by atoms with Crippen molar-refractivity contribution in [2.24, 2.45) is 0 Å². The number of carbonyl (C=O) groups is 2. The fourth-order valence-corrected chi connectivity index (χ4v) is 2.15. The molecule has 1 amide bonds. The first-order valence-corrected chi connectivity index (χ1v) is 7.43. The van der Waals surface area contributed by atoms with E-state index in [9.17, 15) is 18.4 Å². The van der Waals surface area contributed by atoms with E-state index >= 15 is 0 Å². The third-order valence-electron chi connectivity index (χ3n) is 3.20. The van der Waals surface area contributed by atoms with E-state index in [1.807, 2.05) is 5.32 Å². The summed E-state index contributed by atoms with van der Waals surface area (Å²) in [7, 11) is 1.22. The minimum Gasteiger partial charge on any atom is -0.465 e. The second-order valence-electron chi connectivity index (χ2n) is 5.05. The zero-order valence-corrected chi connectivity index (χ0v) is 14.1. The Balaban J connectivity index is 2.09. The molecule has 2 aromatic rings. The van der Waals surface area contributed by atoms with E-state index in [1.165, 1.54) is 56.5 Å². The molecule has 0 aliphatic carbocycles. The van der Waals surface area contributed by atoms with Crippen LogP contribution in [-0.2, 0) is 9.53 Å². The van der Waals surface area contributed by atoms with Gasteiger partial charge in [-0.25, -0.2) is 4.79 Å². The average Bonchev–Trinajstić information content (AvgIpc) is 2.57. The van der Waals surface area contributed by atoms with Crippen LogP contribution in [0.5, 0.6) is 5.75 Å². The van der Waals surface area contributed by atoms with Gasteiger partial charge in [-0.15, -0.1) is 0 Å². The van der Waals surface area contributed by atoms with Crippen molar-refractivity contribution in [1.29, 1.82) is 0 Å². The Kier molecular flexibility index (Phi) is 5.58. The van der Waals surface area contributed by atoms with Gasteiger partial charge in [0.2, 0.25) is 0 Å². The van der Waals surface area contributed by atoms with E-state index in [0.29, 0.717) is 10.6 Å². The minimum absolute atomic E-state index is 0.0776. The lowest BCUT2D eigenvalue weighted by molar-refractivity contribution is -0.187. The minimum atomic E-state index is -4.10. The number of hydrogen-bond acceptors (Lipinski definition) is 4. The monoisotopic (exact) mass is 369 g/mol. The summed E-state index contributed by atoms with van der Waals surface area (Å²) in [5, 5.41) is 2.39. The van der Waals surface area contributed by atoms with Crippen LogP contribution in [0.3, 0.4) is 0 Å². The number of amides is 1. The lowest BCUT2D eigenvalue weighted by Crippen LogP contribution is -2.40. The Hall–Kier alpha value is -2.67. The summed E-state index contributed by atoms with van der Waals surface area (Å²) in [5.74, 6) is -2.39. The fraction of sp³-hybridized carbons (Fsp3) is 0.176. The van der Waals surface area contributed by atoms with Gasteiger partial charge in [-0.05, 0) is 55.0 Å². The molecular formula is C17H14ClF2NO4. The summed E-state index contributed by atoms with van der Waals surface area (Å²) < 4.78 is 37.0. The van der Waals surface area contributed by atoms with Crippen molar-refractivity contribution in [2.75, 3.05) is 12.4 Å². The molecule has 0 bridgehead atoms. The van der Waals surface area contributed by atoms with Crippen molar-refractivity contribution in [2.45, 2.75) is 13.0 Å². The van der Waals surface area contributed by atoms with Crippen LogP contribution in [0.15, 0.2) is 42.5 Å². The first-order valence-electron chi connectivity index (χ1n) is 7.06. The third-order valence-corrected chi connectivity index (χ3v) is 3.44. The van der Waals surface area contributed by atoms with E-state index < -0.39 is 18.0 Å². The highest BCUT2D eigenvalue weighted by Gasteiger charge is 2.42. The summed E-state index contributed by atoms with van der Waals surface area (Å²) in [4.78, 5) is 23.1. The van der Waals surface area contributed by atoms with Gasteiger partial charge in [-0.1, -0.05) is 11.6 Å². The Labute approximate surface area is 147 Å². The third kappa shape index (κ3) is 4.67. The molecule has 0 unspecified atom stereocenters. The van der Waals surface area contributed by atoms with Crippen LogP contribution in [0.1, 0.15) is 15.9 Å². The summed E-state index contributed by atoms with van der Waals surface area (Å²) in [6, 6.07) is 9.35. The van der Waals surface area contributed by atoms with Gasteiger partial charge < -0.3 is 14.8 Å². The normalized spacial score (nSPS) is 10.9. The zero-order valence-electron chi connectivity index (χ0n) is 13.3. The van der Waals surface area contributed by atoms with Crippen LogP contribution in [0.2, 0.25) is 5.02 Å². The van der Waals surface area contributed by atoms with Gasteiger partial charge in [0.1, 0.15) is 5.75 Å². The second-order valence-corrected chi connectivity index (χ2v) is 5.49. The molecule has 0 aliphatic heterocycles. The van der Waals surface area contributed by atoms with E-state index in [2.05, 4.69) is 9.47 Å². The van der Waals surface area contributed by atoms with Crippen molar-refractivity contribution < 1.29 is 27.8 Å². The van der Waals surface area contributed by atoms with Crippen molar-refractivity contribution in [1.82, 2.24) is 0 Å². The van der Waals surface area contributed by atoms with Gasteiger partial charge in [0.05, 0.1) is 12.7 Å². The molecule has 0 aliphatic rings. The predicted octanol–water partition coefficient (Wildman–Crippen LogP) is 4.05. The second kappa shape index (κ2) is 7.48. The Morgan fingerprint density at radius 2 is 1.76 bits per heavy atom. The van der Waals surface area contributed by atoms with Gasteiger partial charge in [-0.2, -0.15) is 8.78 Å². The summed E-state index contributed by atoms with van der Waals surface area (Å²) in [5.41, 5.74) is 0.663. The van der Waals surface area contributed by atoms with Crippen LogP contribution in [0.25, 0.3) is 0 Å². The first-order chi connectivity index (χ1) is 11.7. The number of benzene rings is 2. The molecule has 0 saturated heterocycles. The van der Waals surface area contributed by atoms with Crippen molar-refractivity contribution in [3.05, 3.63) is 58.6 Å². The molecule has 2 aromatic carbocycles. The van der Waals surface area contributed by atoms with Gasteiger partial charge in [0.15, 0.2) is 0 Å². The van der Waals surface area contributed by atoms with Gasteiger partial charge >= 0.3 is 18.0 Å². The first kappa shape index (κ1) is 18.7. The van der Waals surface area contributed by atoms with Crippen molar-refractivity contribution in [3.63, 3.8) is 0 Å². The molecule has 1 N–H and O–H groups in total. The van der Waals surface area contributed by atoms with E-state index in [-0.39, 0.29) is 17.0 Å². The number of carbonyl (C=O) groups excluding carboxylic acids is 2. The lowest BCUT2D eigenvalue weighted by atomic mass is 10.2. The molecule has 5 nitrogen and oxygen atoms in total. The lowest BCUT2D eigenvalue weighted by Gasteiger charge is -2.18. The van der Waals surface area contributed by atoms with Gasteiger partial charge in [0.25, 0.3) is 0 Å². The van der Waals surface area contributed by atoms with Crippen molar-refractivity contribution in [3.8, 4) is 5.75 Å². The molecule has 25 heavy (non-hydrogen) atoms. The van der Waals surface area contributed by atoms with Crippen LogP contribution < -0.4 is 10.1 Å². The van der Waals surface area contributed by atoms with E-state index in [4.69, 9.17) is 11.6 Å². The molecule has 2 rings (SSSR count). The predicted molar refractivity (Wildman–Crippen MR) is 88.2 cm³/mol. The highest BCUT2D eigenvalue weighted by Crippen LogP contribution is 2.28. The number of methoxy groups -OCH3 is 1. The standard InChI is InChI=1S/C17H14ClF2NO4/c1-10-9-12(18)5-8-14(10)25-17(19,20)16(23)21-13-6-3-11(4-7-13)15(22)24-2/h3-9H,1-2H3,(H,21,23). The summed E-state index contributed by atoms with van der Waals surface area (Å²) in [6.45, 7) is 1.53. The zero-order chi connectivity index (χ0) is 18.6. The topological polar surface area (TPSA) is 64.6 Å². The highest BCUT2D eigenvalue weighted by molar-refractivity contribution is 6.30. The Bertz CT molecular complexity index is 794. The van der Waals surface area contributed by atoms with E-state index in [0.717, 1.165) is 0 Å². The fourth-order valence-electron chi connectivity index (χ4n) is 1.92. The molecule has 0 fully saturated rings. The number of ether oxygens (including phenoxy) is 2. The highest BCUT2D eigenvalue weighted by atomic mass is 35.5. The number of esters is 1. The van der Waals surface area contributed by atoms with E-state index in [1.54, 1.807) is 0 Å². The maximum absolute atomic E-state index is 14.0. The number of anilines is 1. The molecule has 0 heterocycles. The molecule has 8 heteroatoms. The molecule has 132 valence electrons. The molecule has 0 aromatic heterocycles. The Morgan fingerprint density at radius 1 is 1.12 bits per heavy atom. The maximum Gasteiger partial charge on any atom is 0.482 e. The molecule has 0 saturated carbocycles. The maximum atomic E-state index is 14.0. The molecule has 0 radical (unpaired) electrons. The summed E-state index contributed by atoms with van der Waals surface area (Å²) >= 11 is 5.75. The number of aryl methyl sites for hydroxylation is 1. The molecular weight excluding hydrogens is 356 g/mol. The Morgan fingerprint density at radius 3 is 2.32 bits per heavy atom.